The van der Waals surface area contributed by atoms with E-state index in [1.54, 1.807) is 6.20 Å². The van der Waals surface area contributed by atoms with E-state index < -0.39 is 0 Å². The van der Waals surface area contributed by atoms with Crippen LogP contribution in [0.3, 0.4) is 0 Å². The third kappa shape index (κ3) is 4.19. The summed E-state index contributed by atoms with van der Waals surface area (Å²) in [5.74, 6) is 0.836. The number of pyridine rings is 2. The van der Waals surface area contributed by atoms with Crippen LogP contribution in [0.5, 0.6) is 5.75 Å². The van der Waals surface area contributed by atoms with Crippen LogP contribution in [0.15, 0.2) is 91.5 Å². The Balaban J connectivity index is 1.60. The van der Waals surface area contributed by atoms with E-state index in [0.29, 0.717) is 5.11 Å². The molecule has 5 rings (SSSR count). The highest BCUT2D eigenvalue weighted by Crippen LogP contribution is 2.42. The van der Waals surface area contributed by atoms with Crippen LogP contribution < -0.4 is 15.0 Å². The zero-order valence-corrected chi connectivity index (χ0v) is 19.3. The summed E-state index contributed by atoms with van der Waals surface area (Å²) in [7, 11) is 0. The number of anilines is 1. The van der Waals surface area contributed by atoms with Crippen molar-refractivity contribution in [2.24, 2.45) is 0 Å². The molecule has 3 aromatic heterocycles. The summed E-state index contributed by atoms with van der Waals surface area (Å²) < 4.78 is 8.00. The lowest BCUT2D eigenvalue weighted by Crippen LogP contribution is -2.30. The zero-order chi connectivity index (χ0) is 22.8. The fraction of sp³-hybridized carbons (Fsp3) is 0.192. The van der Waals surface area contributed by atoms with Crippen LogP contribution in [0.4, 0.5) is 5.69 Å². The van der Waals surface area contributed by atoms with Crippen molar-refractivity contribution >= 4 is 23.0 Å². The van der Waals surface area contributed by atoms with E-state index >= 15 is 0 Å². The Morgan fingerprint density at radius 2 is 1.79 bits per heavy atom. The summed E-state index contributed by atoms with van der Waals surface area (Å²) in [6.45, 7) is 4.04. The number of hydrogen-bond donors (Lipinski definition) is 1. The monoisotopic (exact) mass is 455 g/mol. The van der Waals surface area contributed by atoms with Gasteiger partial charge in [0.2, 0.25) is 0 Å². The lowest BCUT2D eigenvalue weighted by atomic mass is 10.0. The largest absolute Gasteiger partial charge is 0.491 e. The van der Waals surface area contributed by atoms with Gasteiger partial charge in [-0.15, -0.1) is 0 Å². The van der Waals surface area contributed by atoms with Crippen molar-refractivity contribution in [2.45, 2.75) is 32.0 Å². The highest BCUT2D eigenvalue weighted by Gasteiger charge is 2.42. The first-order chi connectivity index (χ1) is 16.1. The van der Waals surface area contributed by atoms with Gasteiger partial charge in [-0.2, -0.15) is 0 Å². The average molecular weight is 456 g/mol. The van der Waals surface area contributed by atoms with Gasteiger partial charge in [0.15, 0.2) is 5.11 Å². The lowest BCUT2D eigenvalue weighted by Gasteiger charge is -2.29. The normalized spacial score (nSPS) is 17.9. The highest BCUT2D eigenvalue weighted by molar-refractivity contribution is 7.80. The summed E-state index contributed by atoms with van der Waals surface area (Å²) >= 11 is 5.85. The maximum atomic E-state index is 5.85. The average Bonchev–Trinajstić information content (AvgIpc) is 3.45. The van der Waals surface area contributed by atoms with Crippen molar-refractivity contribution in [3.05, 3.63) is 103 Å². The molecule has 0 bridgehead atoms. The van der Waals surface area contributed by atoms with Crippen molar-refractivity contribution in [3.63, 3.8) is 0 Å². The zero-order valence-electron chi connectivity index (χ0n) is 18.5. The van der Waals surface area contributed by atoms with Crippen LogP contribution >= 0.6 is 12.2 Å². The third-order valence-corrected chi connectivity index (χ3v) is 5.91. The molecule has 4 heterocycles. The van der Waals surface area contributed by atoms with Crippen LogP contribution in [0.25, 0.3) is 5.69 Å². The molecular weight excluding hydrogens is 430 g/mol. The summed E-state index contributed by atoms with van der Waals surface area (Å²) in [4.78, 5) is 11.1. The van der Waals surface area contributed by atoms with E-state index in [1.165, 1.54) is 0 Å². The molecule has 1 aromatic carbocycles. The molecule has 1 N–H and O–H groups in total. The molecule has 7 heteroatoms. The van der Waals surface area contributed by atoms with E-state index in [-0.39, 0.29) is 18.2 Å². The number of aromatic nitrogens is 3. The number of hydrogen-bond acceptors (Lipinski definition) is 4. The van der Waals surface area contributed by atoms with Gasteiger partial charge in [0.25, 0.3) is 0 Å². The topological polar surface area (TPSA) is 55.2 Å². The number of nitrogens with zero attached hydrogens (tertiary/aromatic N) is 4. The molecule has 6 nitrogen and oxygen atoms in total. The van der Waals surface area contributed by atoms with Crippen LogP contribution in [0.1, 0.15) is 37.3 Å². The van der Waals surface area contributed by atoms with Crippen LogP contribution in [-0.4, -0.2) is 25.8 Å². The first-order valence-electron chi connectivity index (χ1n) is 11.0. The summed E-state index contributed by atoms with van der Waals surface area (Å²) in [6, 6.07) is 22.0. The summed E-state index contributed by atoms with van der Waals surface area (Å²) in [5.41, 5.74) is 4.02. The molecule has 2 unspecified atom stereocenters. The van der Waals surface area contributed by atoms with Gasteiger partial charge < -0.3 is 19.5 Å². The molecule has 4 aromatic rings. The van der Waals surface area contributed by atoms with Crippen LogP contribution in [0, 0.1) is 0 Å². The number of thiocarbonyl (C=S) groups is 1. The van der Waals surface area contributed by atoms with E-state index in [0.717, 1.165) is 28.5 Å². The first kappa shape index (κ1) is 21.2. The van der Waals surface area contributed by atoms with E-state index in [4.69, 9.17) is 17.0 Å². The second-order valence-electron chi connectivity index (χ2n) is 8.17. The summed E-state index contributed by atoms with van der Waals surface area (Å²) in [5, 5.41) is 4.18. The van der Waals surface area contributed by atoms with Crippen molar-refractivity contribution < 1.29 is 4.74 Å². The minimum atomic E-state index is -0.115. The SMILES string of the molecule is CC(C)Oc1ccc(N2C(=S)NC(c3ccccn3)C2c2cccn2-c2cccnc2)cc1. The molecule has 1 saturated heterocycles. The Hall–Kier alpha value is -3.71. The second-order valence-corrected chi connectivity index (χ2v) is 8.56. The van der Waals surface area contributed by atoms with E-state index in [2.05, 4.69) is 61.3 Å². The molecule has 33 heavy (non-hydrogen) atoms. The van der Waals surface area contributed by atoms with E-state index in [9.17, 15) is 0 Å². The molecule has 0 radical (unpaired) electrons. The predicted molar refractivity (Wildman–Crippen MR) is 134 cm³/mol. The minimum Gasteiger partial charge on any atom is -0.491 e. The van der Waals surface area contributed by atoms with E-state index in [1.807, 2.05) is 62.6 Å². The van der Waals surface area contributed by atoms with Crippen LogP contribution in [0.2, 0.25) is 0 Å². The molecule has 166 valence electrons. The van der Waals surface area contributed by atoms with Crippen LogP contribution in [-0.2, 0) is 0 Å². The highest BCUT2D eigenvalue weighted by atomic mass is 32.1. The quantitative estimate of drug-likeness (QED) is 0.402. The molecule has 1 aliphatic heterocycles. The van der Waals surface area contributed by atoms with Gasteiger partial charge in [-0.25, -0.2) is 0 Å². The maximum Gasteiger partial charge on any atom is 0.174 e. The number of rotatable bonds is 6. The predicted octanol–water partition coefficient (Wildman–Crippen LogP) is 5.23. The Labute approximate surface area is 198 Å². The van der Waals surface area contributed by atoms with Crippen molar-refractivity contribution in [3.8, 4) is 11.4 Å². The van der Waals surface area contributed by atoms with Gasteiger partial charge in [0.05, 0.1) is 29.7 Å². The fourth-order valence-corrected chi connectivity index (χ4v) is 4.60. The smallest absolute Gasteiger partial charge is 0.174 e. The van der Waals surface area contributed by atoms with Crippen molar-refractivity contribution in [1.29, 1.82) is 0 Å². The summed E-state index contributed by atoms with van der Waals surface area (Å²) in [6.07, 6.45) is 7.64. The molecule has 0 amide bonds. The lowest BCUT2D eigenvalue weighted by molar-refractivity contribution is 0.242. The fourth-order valence-electron chi connectivity index (χ4n) is 4.26. The van der Waals surface area contributed by atoms with Gasteiger partial charge in [0.1, 0.15) is 11.8 Å². The molecule has 1 fully saturated rings. The molecular formula is C26H25N5OS. The molecule has 0 aliphatic carbocycles. The Morgan fingerprint density at radius 3 is 2.48 bits per heavy atom. The van der Waals surface area contributed by atoms with Gasteiger partial charge in [-0.05, 0) is 86.7 Å². The standard InChI is InChI=1S/C26H25N5OS/c1-18(2)32-21-12-10-19(11-13-21)31-25(24(29-26(31)33)22-8-3-4-15-28-22)23-9-6-16-30(23)20-7-5-14-27-17-20/h3-18,24-25H,1-2H3,(H,29,33). The molecule has 2 atom stereocenters. The number of nitrogens with one attached hydrogen (secondary N) is 1. The van der Waals surface area contributed by atoms with Gasteiger partial charge in [0, 0.05) is 30.0 Å². The van der Waals surface area contributed by atoms with Gasteiger partial charge >= 0.3 is 0 Å². The number of benzene rings is 1. The second kappa shape index (κ2) is 9.03. The maximum absolute atomic E-state index is 5.85. The van der Waals surface area contributed by atoms with Gasteiger partial charge in [-0.3, -0.25) is 9.97 Å². The third-order valence-electron chi connectivity index (χ3n) is 5.59. The Kier molecular flexibility index (Phi) is 5.79. The minimum absolute atomic E-state index is 0.112. The molecule has 1 aliphatic rings. The van der Waals surface area contributed by atoms with Crippen molar-refractivity contribution in [1.82, 2.24) is 19.9 Å². The number of ether oxygens (including phenoxy) is 1. The van der Waals surface area contributed by atoms with Gasteiger partial charge in [-0.1, -0.05) is 6.07 Å². The molecule has 0 saturated carbocycles. The Bertz CT molecular complexity index is 1220. The van der Waals surface area contributed by atoms with Crippen molar-refractivity contribution in [2.75, 3.05) is 4.90 Å². The molecule has 0 spiro atoms. The first-order valence-corrected chi connectivity index (χ1v) is 11.4. The Morgan fingerprint density at radius 1 is 0.939 bits per heavy atom.